The Balaban J connectivity index is 2.71. The minimum absolute atomic E-state index is 0.493. The molecule has 0 amide bonds. The summed E-state index contributed by atoms with van der Waals surface area (Å²) in [5, 5.41) is 7.42. The largest absolute Gasteiger partial charge is 0.497 e. The zero-order chi connectivity index (χ0) is 12.0. The zero-order valence-corrected chi connectivity index (χ0v) is 10.4. The van der Waals surface area contributed by atoms with E-state index in [0.29, 0.717) is 5.11 Å². The van der Waals surface area contributed by atoms with Gasteiger partial charge in [0.05, 0.1) is 12.8 Å². The topological polar surface area (TPSA) is 45.7 Å². The summed E-state index contributed by atoms with van der Waals surface area (Å²) in [6.45, 7) is 1.91. The lowest BCUT2D eigenvalue weighted by atomic mass is 10.1. The SMILES string of the molecule is CNC(=S)N/N=C(/C)c1ccc(OC)cc1. The Labute approximate surface area is 101 Å². The quantitative estimate of drug-likeness (QED) is 0.475. The van der Waals surface area contributed by atoms with Crippen molar-refractivity contribution in [3.8, 4) is 5.75 Å². The number of nitrogens with one attached hydrogen (secondary N) is 2. The Morgan fingerprint density at radius 3 is 2.44 bits per heavy atom. The lowest BCUT2D eigenvalue weighted by molar-refractivity contribution is 0.415. The van der Waals surface area contributed by atoms with E-state index in [4.69, 9.17) is 17.0 Å². The molecule has 1 rings (SSSR count). The van der Waals surface area contributed by atoms with Crippen LogP contribution in [0.3, 0.4) is 0 Å². The van der Waals surface area contributed by atoms with Crippen LogP contribution in [0.25, 0.3) is 0 Å². The first-order valence-electron chi connectivity index (χ1n) is 4.84. The molecule has 5 heteroatoms. The van der Waals surface area contributed by atoms with Crippen LogP contribution in [-0.2, 0) is 0 Å². The predicted molar refractivity (Wildman–Crippen MR) is 70.0 cm³/mol. The second-order valence-electron chi connectivity index (χ2n) is 3.12. The Bertz CT molecular complexity index is 387. The first-order chi connectivity index (χ1) is 7.67. The Morgan fingerprint density at radius 2 is 1.94 bits per heavy atom. The molecular formula is C11H15N3OS. The third-order valence-electron chi connectivity index (χ3n) is 2.06. The number of hydrogen-bond acceptors (Lipinski definition) is 3. The summed E-state index contributed by atoms with van der Waals surface area (Å²) in [4.78, 5) is 0. The minimum atomic E-state index is 0.493. The second kappa shape index (κ2) is 6.07. The molecule has 0 heterocycles. The maximum absolute atomic E-state index is 5.08. The molecule has 0 aromatic heterocycles. The van der Waals surface area contributed by atoms with Gasteiger partial charge in [-0.1, -0.05) is 0 Å². The van der Waals surface area contributed by atoms with E-state index in [0.717, 1.165) is 17.0 Å². The summed E-state index contributed by atoms with van der Waals surface area (Å²) in [5.41, 5.74) is 4.62. The fourth-order valence-electron chi connectivity index (χ4n) is 1.09. The zero-order valence-electron chi connectivity index (χ0n) is 9.57. The van der Waals surface area contributed by atoms with Gasteiger partial charge in [-0.05, 0) is 49.0 Å². The number of nitrogens with zero attached hydrogens (tertiary/aromatic N) is 1. The standard InChI is InChI=1S/C11H15N3OS/c1-8(13-14-11(16)12-2)9-4-6-10(15-3)7-5-9/h4-7H,1-3H3,(H2,12,14,16)/b13-8-. The van der Waals surface area contributed by atoms with Gasteiger partial charge < -0.3 is 10.1 Å². The van der Waals surface area contributed by atoms with Gasteiger partial charge in [0.15, 0.2) is 5.11 Å². The highest BCUT2D eigenvalue weighted by atomic mass is 32.1. The molecular weight excluding hydrogens is 222 g/mol. The fourth-order valence-corrected chi connectivity index (χ4v) is 1.13. The van der Waals surface area contributed by atoms with Gasteiger partial charge in [0, 0.05) is 7.05 Å². The van der Waals surface area contributed by atoms with Crippen molar-refractivity contribution in [1.29, 1.82) is 0 Å². The third-order valence-corrected chi connectivity index (χ3v) is 2.36. The molecule has 0 aliphatic carbocycles. The molecule has 0 fully saturated rings. The monoisotopic (exact) mass is 237 g/mol. The van der Waals surface area contributed by atoms with Crippen LogP contribution in [0.2, 0.25) is 0 Å². The Hall–Kier alpha value is -1.62. The number of methoxy groups -OCH3 is 1. The van der Waals surface area contributed by atoms with Gasteiger partial charge in [-0.25, -0.2) is 0 Å². The normalized spacial score (nSPS) is 10.8. The average Bonchev–Trinajstić information content (AvgIpc) is 2.35. The molecule has 86 valence electrons. The van der Waals surface area contributed by atoms with Crippen molar-refractivity contribution in [3.63, 3.8) is 0 Å². The molecule has 1 aromatic carbocycles. The summed E-state index contributed by atoms with van der Waals surface area (Å²) < 4.78 is 5.08. The highest BCUT2D eigenvalue weighted by Crippen LogP contribution is 2.11. The van der Waals surface area contributed by atoms with E-state index in [-0.39, 0.29) is 0 Å². The molecule has 1 aromatic rings. The van der Waals surface area contributed by atoms with Crippen molar-refractivity contribution in [2.24, 2.45) is 5.10 Å². The second-order valence-corrected chi connectivity index (χ2v) is 3.52. The van der Waals surface area contributed by atoms with Crippen LogP contribution in [0.15, 0.2) is 29.4 Å². The molecule has 0 aliphatic rings. The summed E-state index contributed by atoms with van der Waals surface area (Å²) in [7, 11) is 3.39. The number of benzene rings is 1. The van der Waals surface area contributed by atoms with E-state index < -0.39 is 0 Å². The van der Waals surface area contributed by atoms with Crippen molar-refractivity contribution in [2.75, 3.05) is 14.2 Å². The summed E-state index contributed by atoms with van der Waals surface area (Å²) in [5.74, 6) is 0.829. The minimum Gasteiger partial charge on any atom is -0.497 e. The highest BCUT2D eigenvalue weighted by Gasteiger charge is 1.98. The van der Waals surface area contributed by atoms with Gasteiger partial charge in [-0.3, -0.25) is 5.43 Å². The average molecular weight is 237 g/mol. The molecule has 0 bridgehead atoms. The number of hydrazone groups is 1. The van der Waals surface area contributed by atoms with Gasteiger partial charge in [-0.15, -0.1) is 0 Å². The van der Waals surface area contributed by atoms with E-state index in [9.17, 15) is 0 Å². The smallest absolute Gasteiger partial charge is 0.186 e. The number of ether oxygens (including phenoxy) is 1. The van der Waals surface area contributed by atoms with E-state index in [1.807, 2.05) is 31.2 Å². The maximum atomic E-state index is 5.08. The van der Waals surface area contributed by atoms with E-state index in [1.165, 1.54) is 0 Å². The van der Waals surface area contributed by atoms with Crippen LogP contribution in [0.5, 0.6) is 5.75 Å². The number of hydrogen-bond donors (Lipinski definition) is 2. The lowest BCUT2D eigenvalue weighted by Gasteiger charge is -2.05. The van der Waals surface area contributed by atoms with Crippen molar-refractivity contribution < 1.29 is 4.74 Å². The molecule has 2 N–H and O–H groups in total. The Kier molecular flexibility index (Phi) is 4.72. The van der Waals surface area contributed by atoms with Crippen LogP contribution >= 0.6 is 12.2 Å². The highest BCUT2D eigenvalue weighted by molar-refractivity contribution is 7.80. The first kappa shape index (κ1) is 12.4. The molecule has 0 unspecified atom stereocenters. The molecule has 0 saturated heterocycles. The molecule has 4 nitrogen and oxygen atoms in total. The van der Waals surface area contributed by atoms with Crippen LogP contribution < -0.4 is 15.5 Å². The lowest BCUT2D eigenvalue weighted by Crippen LogP contribution is -2.29. The molecule has 0 aliphatic heterocycles. The molecule has 0 radical (unpaired) electrons. The van der Waals surface area contributed by atoms with Gasteiger partial charge >= 0.3 is 0 Å². The van der Waals surface area contributed by atoms with Gasteiger partial charge in [0.2, 0.25) is 0 Å². The Morgan fingerprint density at radius 1 is 1.31 bits per heavy atom. The van der Waals surface area contributed by atoms with Gasteiger partial charge in [0.25, 0.3) is 0 Å². The first-order valence-corrected chi connectivity index (χ1v) is 5.24. The summed E-state index contributed by atoms with van der Waals surface area (Å²) in [6, 6.07) is 7.68. The van der Waals surface area contributed by atoms with E-state index >= 15 is 0 Å². The third kappa shape index (κ3) is 3.51. The van der Waals surface area contributed by atoms with Crippen molar-refractivity contribution in [3.05, 3.63) is 29.8 Å². The molecule has 16 heavy (non-hydrogen) atoms. The van der Waals surface area contributed by atoms with Crippen molar-refractivity contribution in [2.45, 2.75) is 6.92 Å². The maximum Gasteiger partial charge on any atom is 0.186 e. The van der Waals surface area contributed by atoms with Gasteiger partial charge in [-0.2, -0.15) is 5.10 Å². The summed E-state index contributed by atoms with van der Waals surface area (Å²) in [6.07, 6.45) is 0. The molecule has 0 saturated carbocycles. The predicted octanol–water partition coefficient (Wildman–Crippen LogP) is 1.51. The van der Waals surface area contributed by atoms with E-state index in [1.54, 1.807) is 14.2 Å². The number of thiocarbonyl (C=S) groups is 1. The molecule has 0 atom stereocenters. The van der Waals surface area contributed by atoms with Crippen molar-refractivity contribution >= 4 is 23.0 Å². The van der Waals surface area contributed by atoms with Gasteiger partial charge in [0.1, 0.15) is 5.75 Å². The molecule has 0 spiro atoms. The van der Waals surface area contributed by atoms with Crippen LogP contribution in [-0.4, -0.2) is 25.0 Å². The van der Waals surface area contributed by atoms with Crippen LogP contribution in [0, 0.1) is 0 Å². The van der Waals surface area contributed by atoms with E-state index in [2.05, 4.69) is 15.8 Å². The fraction of sp³-hybridized carbons (Fsp3) is 0.273. The summed E-state index contributed by atoms with van der Waals surface area (Å²) >= 11 is 4.91. The van der Waals surface area contributed by atoms with Crippen molar-refractivity contribution in [1.82, 2.24) is 10.7 Å². The van der Waals surface area contributed by atoms with Crippen LogP contribution in [0.4, 0.5) is 0 Å². The van der Waals surface area contributed by atoms with Crippen LogP contribution in [0.1, 0.15) is 12.5 Å². The number of rotatable bonds is 3.